The second-order valence-corrected chi connectivity index (χ2v) is 4.55. The number of aromatic nitrogens is 2. The van der Waals surface area contributed by atoms with Crippen LogP contribution in [0.25, 0.3) is 10.9 Å². The van der Waals surface area contributed by atoms with Gasteiger partial charge in [0.05, 0.1) is 17.4 Å². The van der Waals surface area contributed by atoms with E-state index >= 15 is 0 Å². The first-order valence-corrected chi connectivity index (χ1v) is 6.46. The van der Waals surface area contributed by atoms with Crippen LogP contribution in [0.5, 0.6) is 0 Å². The molecule has 0 aliphatic heterocycles. The lowest BCUT2D eigenvalue weighted by molar-refractivity contribution is -0.121. The molecular formula is C14H13N3O2S. The summed E-state index contributed by atoms with van der Waals surface area (Å²) < 4.78 is 1.69. The Labute approximate surface area is 120 Å². The van der Waals surface area contributed by atoms with Crippen molar-refractivity contribution in [1.82, 2.24) is 14.9 Å². The van der Waals surface area contributed by atoms with E-state index in [0.717, 1.165) is 0 Å². The van der Waals surface area contributed by atoms with Gasteiger partial charge in [0, 0.05) is 13.0 Å². The van der Waals surface area contributed by atoms with E-state index in [-0.39, 0.29) is 31.0 Å². The molecule has 1 amide bonds. The summed E-state index contributed by atoms with van der Waals surface area (Å²) in [6.07, 6.45) is 5.20. The van der Waals surface area contributed by atoms with Crippen molar-refractivity contribution in [2.45, 2.75) is 13.0 Å². The SMILES string of the molecule is C#CCNC(=O)CCn1c(=S)[nH]c2ccccc2c1=O. The number of nitrogens with zero attached hydrogens (tertiary/aromatic N) is 1. The lowest BCUT2D eigenvalue weighted by Crippen LogP contribution is -2.28. The van der Waals surface area contributed by atoms with Gasteiger partial charge in [0.25, 0.3) is 5.56 Å². The number of fused-ring (bicyclic) bond motifs is 1. The van der Waals surface area contributed by atoms with Crippen molar-refractivity contribution in [1.29, 1.82) is 0 Å². The van der Waals surface area contributed by atoms with E-state index in [4.69, 9.17) is 18.6 Å². The third kappa shape index (κ3) is 2.95. The van der Waals surface area contributed by atoms with Gasteiger partial charge in [0.2, 0.25) is 5.91 Å². The van der Waals surface area contributed by atoms with Gasteiger partial charge in [-0.2, -0.15) is 0 Å². The molecule has 0 aliphatic rings. The molecule has 2 rings (SSSR count). The van der Waals surface area contributed by atoms with Gasteiger partial charge >= 0.3 is 0 Å². The molecule has 0 saturated carbocycles. The Kier molecular flexibility index (Phi) is 4.33. The molecule has 2 N–H and O–H groups in total. The molecule has 6 heteroatoms. The first-order valence-electron chi connectivity index (χ1n) is 6.05. The van der Waals surface area contributed by atoms with E-state index in [9.17, 15) is 9.59 Å². The minimum absolute atomic E-state index is 0.150. The van der Waals surface area contributed by atoms with Crippen LogP contribution in [-0.2, 0) is 11.3 Å². The second-order valence-electron chi connectivity index (χ2n) is 4.16. The molecule has 0 radical (unpaired) electrons. The van der Waals surface area contributed by atoms with Crippen LogP contribution in [0.2, 0.25) is 0 Å². The highest BCUT2D eigenvalue weighted by atomic mass is 32.1. The van der Waals surface area contributed by atoms with Gasteiger partial charge in [0.15, 0.2) is 4.77 Å². The summed E-state index contributed by atoms with van der Waals surface area (Å²) in [5, 5.41) is 3.09. The molecule has 1 heterocycles. The fourth-order valence-electron chi connectivity index (χ4n) is 1.85. The molecule has 0 unspecified atom stereocenters. The molecule has 0 spiro atoms. The largest absolute Gasteiger partial charge is 0.345 e. The van der Waals surface area contributed by atoms with Crippen LogP contribution < -0.4 is 10.9 Å². The Morgan fingerprint density at radius 2 is 2.20 bits per heavy atom. The summed E-state index contributed by atoms with van der Waals surface area (Å²) in [6, 6.07) is 7.11. The van der Waals surface area contributed by atoms with Crippen LogP contribution in [0.15, 0.2) is 29.1 Å². The summed E-state index contributed by atoms with van der Waals surface area (Å²) in [6.45, 7) is 0.397. The fourth-order valence-corrected chi connectivity index (χ4v) is 2.14. The van der Waals surface area contributed by atoms with Gasteiger partial charge in [0.1, 0.15) is 0 Å². The van der Waals surface area contributed by atoms with Gasteiger partial charge < -0.3 is 10.3 Å². The molecule has 0 fully saturated rings. The van der Waals surface area contributed by atoms with Crippen molar-refractivity contribution in [2.75, 3.05) is 6.54 Å². The maximum absolute atomic E-state index is 12.3. The number of amides is 1. The van der Waals surface area contributed by atoms with Gasteiger partial charge in [-0.25, -0.2) is 0 Å². The summed E-state index contributed by atoms with van der Waals surface area (Å²) in [7, 11) is 0. The normalized spacial score (nSPS) is 10.2. The van der Waals surface area contributed by atoms with E-state index in [1.54, 1.807) is 18.2 Å². The maximum Gasteiger partial charge on any atom is 0.262 e. The Hall–Kier alpha value is -2.39. The van der Waals surface area contributed by atoms with Crippen molar-refractivity contribution in [3.63, 3.8) is 0 Å². The van der Waals surface area contributed by atoms with Gasteiger partial charge in [-0.05, 0) is 24.4 Å². The van der Waals surface area contributed by atoms with Gasteiger partial charge in [-0.1, -0.05) is 18.1 Å². The zero-order valence-electron chi connectivity index (χ0n) is 10.7. The number of nitrogens with one attached hydrogen (secondary N) is 2. The number of aromatic amines is 1. The third-order valence-electron chi connectivity index (χ3n) is 2.84. The minimum Gasteiger partial charge on any atom is -0.345 e. The summed E-state index contributed by atoms with van der Waals surface area (Å²) >= 11 is 5.15. The molecule has 2 aromatic rings. The first kappa shape index (κ1) is 14.0. The summed E-state index contributed by atoms with van der Waals surface area (Å²) in [5.74, 6) is 2.11. The highest BCUT2D eigenvalue weighted by molar-refractivity contribution is 7.71. The smallest absolute Gasteiger partial charge is 0.262 e. The highest BCUT2D eigenvalue weighted by Gasteiger charge is 2.07. The van der Waals surface area contributed by atoms with Crippen molar-refractivity contribution >= 4 is 29.0 Å². The van der Waals surface area contributed by atoms with Crippen LogP contribution in [-0.4, -0.2) is 22.0 Å². The van der Waals surface area contributed by atoms with Crippen molar-refractivity contribution in [2.24, 2.45) is 0 Å². The molecule has 102 valence electrons. The van der Waals surface area contributed by atoms with Crippen molar-refractivity contribution in [3.8, 4) is 12.3 Å². The summed E-state index contributed by atoms with van der Waals surface area (Å²) in [5.41, 5.74) is 0.490. The molecule has 5 nitrogen and oxygen atoms in total. The Morgan fingerprint density at radius 1 is 1.45 bits per heavy atom. The highest BCUT2D eigenvalue weighted by Crippen LogP contribution is 2.06. The van der Waals surface area contributed by atoms with E-state index in [1.165, 1.54) is 4.57 Å². The van der Waals surface area contributed by atoms with Crippen LogP contribution in [0.1, 0.15) is 6.42 Å². The van der Waals surface area contributed by atoms with Gasteiger partial charge in [-0.3, -0.25) is 14.2 Å². The minimum atomic E-state index is -0.211. The zero-order valence-corrected chi connectivity index (χ0v) is 11.5. The van der Waals surface area contributed by atoms with Crippen LogP contribution >= 0.6 is 12.2 Å². The number of rotatable bonds is 4. The van der Waals surface area contributed by atoms with Crippen LogP contribution in [0.3, 0.4) is 0 Å². The number of carbonyl (C=O) groups is 1. The fraction of sp³-hybridized carbons (Fsp3) is 0.214. The predicted octanol–water partition coefficient (Wildman–Crippen LogP) is 1.20. The molecule has 0 aliphatic carbocycles. The monoisotopic (exact) mass is 287 g/mol. The third-order valence-corrected chi connectivity index (χ3v) is 3.16. The van der Waals surface area contributed by atoms with E-state index in [2.05, 4.69) is 16.2 Å². The average Bonchev–Trinajstić information content (AvgIpc) is 2.45. The standard InChI is InChI=1S/C14H13N3O2S/c1-2-8-15-12(18)7-9-17-13(19)10-5-3-4-6-11(10)16-14(17)20/h1,3-6H,7-9H2,(H,15,18)(H,16,20). The summed E-state index contributed by atoms with van der Waals surface area (Å²) in [4.78, 5) is 26.8. The lowest BCUT2D eigenvalue weighted by atomic mass is 10.2. The molecule has 0 bridgehead atoms. The molecule has 20 heavy (non-hydrogen) atoms. The average molecular weight is 287 g/mol. The number of terminal acetylenes is 1. The Bertz CT molecular complexity index is 798. The number of carbonyl (C=O) groups excluding carboxylic acids is 1. The topological polar surface area (TPSA) is 66.9 Å². The number of hydrogen-bond donors (Lipinski definition) is 2. The Balaban J connectivity index is 2.27. The Morgan fingerprint density at radius 3 is 2.95 bits per heavy atom. The molecule has 1 aromatic carbocycles. The maximum atomic E-state index is 12.3. The molecule has 0 atom stereocenters. The van der Waals surface area contributed by atoms with E-state index in [1.807, 2.05) is 6.07 Å². The van der Waals surface area contributed by atoms with Crippen molar-refractivity contribution in [3.05, 3.63) is 39.4 Å². The predicted molar refractivity (Wildman–Crippen MR) is 79.9 cm³/mol. The van der Waals surface area contributed by atoms with E-state index < -0.39 is 0 Å². The first-order chi connectivity index (χ1) is 9.63. The number of para-hydroxylation sites is 1. The number of H-pyrrole nitrogens is 1. The van der Waals surface area contributed by atoms with Crippen molar-refractivity contribution < 1.29 is 4.79 Å². The van der Waals surface area contributed by atoms with Crippen LogP contribution in [0.4, 0.5) is 0 Å². The molecular weight excluding hydrogens is 274 g/mol. The molecule has 1 aromatic heterocycles. The molecule has 0 saturated heterocycles. The number of hydrogen-bond acceptors (Lipinski definition) is 3. The quantitative estimate of drug-likeness (QED) is 0.656. The zero-order chi connectivity index (χ0) is 14.5. The van der Waals surface area contributed by atoms with E-state index in [0.29, 0.717) is 15.7 Å². The number of benzene rings is 1. The van der Waals surface area contributed by atoms with Crippen LogP contribution in [0, 0.1) is 17.1 Å². The van der Waals surface area contributed by atoms with Gasteiger partial charge in [-0.15, -0.1) is 6.42 Å². The second kappa shape index (κ2) is 6.17. The lowest BCUT2D eigenvalue weighted by Gasteiger charge is -2.07.